The van der Waals surface area contributed by atoms with Crippen molar-refractivity contribution in [2.45, 2.75) is 32.3 Å². The lowest BCUT2D eigenvalue weighted by molar-refractivity contribution is 0.0953. The monoisotopic (exact) mass is 374 g/mol. The van der Waals surface area contributed by atoms with E-state index in [1.165, 1.54) is 10.6 Å². The van der Waals surface area contributed by atoms with Crippen LogP contribution in [0.5, 0.6) is 5.75 Å². The van der Waals surface area contributed by atoms with E-state index < -0.39 is 10.0 Å². The molecule has 1 aliphatic rings. The van der Waals surface area contributed by atoms with Gasteiger partial charge in [0.05, 0.1) is 11.3 Å². The van der Waals surface area contributed by atoms with Gasteiger partial charge in [-0.15, -0.1) is 0 Å². The number of hydrogen-bond donors (Lipinski definition) is 1. The van der Waals surface area contributed by atoms with Crippen LogP contribution in [0.3, 0.4) is 0 Å². The van der Waals surface area contributed by atoms with Crippen molar-refractivity contribution in [3.05, 3.63) is 28.8 Å². The van der Waals surface area contributed by atoms with E-state index in [0.717, 1.165) is 6.42 Å². The van der Waals surface area contributed by atoms with Gasteiger partial charge in [0.2, 0.25) is 10.0 Å². The summed E-state index contributed by atoms with van der Waals surface area (Å²) in [5.74, 6) is 0.355. The molecule has 0 unspecified atom stereocenters. The molecule has 0 atom stereocenters. The first-order chi connectivity index (χ1) is 11.3. The number of halogens is 1. The zero-order valence-electron chi connectivity index (χ0n) is 13.9. The molecule has 0 saturated carbocycles. The maximum absolute atomic E-state index is 11.9. The van der Waals surface area contributed by atoms with Gasteiger partial charge in [-0.1, -0.05) is 18.5 Å². The zero-order valence-corrected chi connectivity index (χ0v) is 15.5. The van der Waals surface area contributed by atoms with Crippen LogP contribution in [0.1, 0.15) is 36.5 Å². The average molecular weight is 375 g/mol. The summed E-state index contributed by atoms with van der Waals surface area (Å²) in [5, 5.41) is 3.17. The highest BCUT2D eigenvalue weighted by molar-refractivity contribution is 7.88. The topological polar surface area (TPSA) is 75.7 Å². The van der Waals surface area contributed by atoms with Crippen LogP contribution in [-0.4, -0.2) is 50.6 Å². The summed E-state index contributed by atoms with van der Waals surface area (Å²) in [6.45, 7) is 3.49. The van der Waals surface area contributed by atoms with Crippen LogP contribution >= 0.6 is 11.6 Å². The summed E-state index contributed by atoms with van der Waals surface area (Å²) < 4.78 is 30.3. The summed E-state index contributed by atoms with van der Waals surface area (Å²) in [6.07, 6.45) is 3.23. The Bertz CT molecular complexity index is 685. The van der Waals surface area contributed by atoms with Crippen LogP contribution in [0.4, 0.5) is 0 Å². The van der Waals surface area contributed by atoms with Crippen molar-refractivity contribution < 1.29 is 17.9 Å². The van der Waals surface area contributed by atoms with Crippen molar-refractivity contribution in [3.63, 3.8) is 0 Å². The number of carbonyl (C=O) groups is 1. The third kappa shape index (κ3) is 5.09. The smallest absolute Gasteiger partial charge is 0.251 e. The standard InChI is InChI=1S/C16H23ClN2O4S/c1-3-8-18-16(20)12-4-5-15(14(17)11-12)23-13-6-9-19(10-7-13)24(2,21)22/h4-5,11,13H,3,6-10H2,1-2H3,(H,18,20). The van der Waals surface area contributed by atoms with Gasteiger partial charge in [-0.05, 0) is 37.5 Å². The number of benzene rings is 1. The summed E-state index contributed by atoms with van der Waals surface area (Å²) in [7, 11) is -3.15. The minimum atomic E-state index is -3.15. The molecule has 1 heterocycles. The highest BCUT2D eigenvalue weighted by atomic mass is 35.5. The Morgan fingerprint density at radius 3 is 2.58 bits per heavy atom. The maximum Gasteiger partial charge on any atom is 0.251 e. The third-order valence-electron chi connectivity index (χ3n) is 3.89. The fourth-order valence-electron chi connectivity index (χ4n) is 2.54. The second kappa shape index (κ2) is 8.18. The Labute approximate surface area is 148 Å². The summed E-state index contributed by atoms with van der Waals surface area (Å²) in [6, 6.07) is 4.96. The molecule has 1 fully saturated rings. The first-order valence-electron chi connectivity index (χ1n) is 8.00. The normalized spacial score (nSPS) is 16.8. The van der Waals surface area contributed by atoms with Crippen molar-refractivity contribution in [2.24, 2.45) is 0 Å². The number of nitrogens with zero attached hydrogens (tertiary/aromatic N) is 1. The predicted octanol–water partition coefficient (Wildman–Crippen LogP) is 2.28. The molecule has 1 saturated heterocycles. The van der Waals surface area contributed by atoms with Crippen LogP contribution in [0.25, 0.3) is 0 Å². The van der Waals surface area contributed by atoms with E-state index in [-0.39, 0.29) is 12.0 Å². The van der Waals surface area contributed by atoms with E-state index in [9.17, 15) is 13.2 Å². The number of ether oxygens (including phenoxy) is 1. The predicted molar refractivity (Wildman–Crippen MR) is 94.1 cm³/mol. The Hall–Kier alpha value is -1.31. The minimum absolute atomic E-state index is 0.0831. The molecule has 2 rings (SSSR count). The largest absolute Gasteiger partial charge is 0.489 e. The second-order valence-electron chi connectivity index (χ2n) is 5.88. The van der Waals surface area contributed by atoms with E-state index >= 15 is 0 Å². The first kappa shape index (κ1) is 19.0. The van der Waals surface area contributed by atoms with Crippen LogP contribution < -0.4 is 10.1 Å². The molecule has 1 N–H and O–H groups in total. The van der Waals surface area contributed by atoms with Gasteiger partial charge in [0.25, 0.3) is 5.91 Å². The fourth-order valence-corrected chi connectivity index (χ4v) is 3.64. The lowest BCUT2D eigenvalue weighted by atomic mass is 10.1. The van der Waals surface area contributed by atoms with Crippen LogP contribution in [0.2, 0.25) is 5.02 Å². The number of piperidine rings is 1. The van der Waals surface area contributed by atoms with Crippen molar-refractivity contribution in [1.82, 2.24) is 9.62 Å². The van der Waals surface area contributed by atoms with Gasteiger partial charge in [-0.25, -0.2) is 12.7 Å². The van der Waals surface area contributed by atoms with Gasteiger partial charge in [0.15, 0.2) is 0 Å². The number of sulfonamides is 1. The number of rotatable bonds is 6. The highest BCUT2D eigenvalue weighted by Gasteiger charge is 2.26. The summed E-state index contributed by atoms with van der Waals surface area (Å²) in [4.78, 5) is 11.9. The number of amides is 1. The second-order valence-corrected chi connectivity index (χ2v) is 8.27. The molecule has 0 radical (unpaired) electrons. The minimum Gasteiger partial charge on any atom is -0.489 e. The summed E-state index contributed by atoms with van der Waals surface area (Å²) >= 11 is 6.22. The van der Waals surface area contributed by atoms with Gasteiger partial charge >= 0.3 is 0 Å². The van der Waals surface area contributed by atoms with E-state index in [1.54, 1.807) is 18.2 Å². The Kier molecular flexibility index (Phi) is 6.48. The van der Waals surface area contributed by atoms with Gasteiger partial charge in [0.1, 0.15) is 11.9 Å². The number of hydrogen-bond acceptors (Lipinski definition) is 4. The molecule has 24 heavy (non-hydrogen) atoms. The van der Waals surface area contributed by atoms with Crippen LogP contribution in [0.15, 0.2) is 18.2 Å². The first-order valence-corrected chi connectivity index (χ1v) is 10.2. The van der Waals surface area contributed by atoms with Crippen molar-refractivity contribution in [2.75, 3.05) is 25.9 Å². The molecule has 0 spiro atoms. The van der Waals surface area contributed by atoms with Gasteiger partial charge in [0, 0.05) is 25.2 Å². The summed E-state index contributed by atoms with van der Waals surface area (Å²) in [5.41, 5.74) is 0.493. The molecule has 1 aromatic carbocycles. The molecule has 1 aromatic rings. The maximum atomic E-state index is 11.9. The molecule has 0 aromatic heterocycles. The van der Waals surface area contributed by atoms with E-state index in [0.29, 0.717) is 48.8 Å². The molecule has 1 amide bonds. The third-order valence-corrected chi connectivity index (χ3v) is 5.49. The van der Waals surface area contributed by atoms with E-state index in [1.807, 2.05) is 6.92 Å². The molecular weight excluding hydrogens is 352 g/mol. The van der Waals surface area contributed by atoms with Crippen LogP contribution in [-0.2, 0) is 10.0 Å². The van der Waals surface area contributed by atoms with Crippen molar-refractivity contribution in [1.29, 1.82) is 0 Å². The molecule has 0 aliphatic carbocycles. The Morgan fingerprint density at radius 1 is 1.38 bits per heavy atom. The van der Waals surface area contributed by atoms with Gasteiger partial charge in [-0.3, -0.25) is 4.79 Å². The van der Waals surface area contributed by atoms with E-state index in [2.05, 4.69) is 5.32 Å². The van der Waals surface area contributed by atoms with Gasteiger partial charge in [-0.2, -0.15) is 0 Å². The average Bonchev–Trinajstić information content (AvgIpc) is 2.54. The highest BCUT2D eigenvalue weighted by Crippen LogP contribution is 2.28. The molecule has 134 valence electrons. The van der Waals surface area contributed by atoms with Crippen LogP contribution in [0, 0.1) is 0 Å². The Balaban J connectivity index is 1.95. The van der Waals surface area contributed by atoms with Gasteiger partial charge < -0.3 is 10.1 Å². The Morgan fingerprint density at radius 2 is 2.04 bits per heavy atom. The van der Waals surface area contributed by atoms with Crippen molar-refractivity contribution in [3.8, 4) is 5.75 Å². The van der Waals surface area contributed by atoms with Crippen molar-refractivity contribution >= 4 is 27.5 Å². The zero-order chi connectivity index (χ0) is 17.7. The molecular formula is C16H23ClN2O4S. The fraction of sp³-hybridized carbons (Fsp3) is 0.562. The molecule has 6 nitrogen and oxygen atoms in total. The quantitative estimate of drug-likeness (QED) is 0.828. The SMILES string of the molecule is CCCNC(=O)c1ccc(OC2CCN(S(C)(=O)=O)CC2)c(Cl)c1. The molecule has 8 heteroatoms. The van der Waals surface area contributed by atoms with E-state index in [4.69, 9.17) is 16.3 Å². The molecule has 0 bridgehead atoms. The number of carbonyl (C=O) groups excluding carboxylic acids is 1. The molecule has 1 aliphatic heterocycles. The lowest BCUT2D eigenvalue weighted by Crippen LogP contribution is -2.41. The number of nitrogens with one attached hydrogen (secondary N) is 1. The lowest BCUT2D eigenvalue weighted by Gasteiger charge is -2.30.